The highest BCUT2D eigenvalue weighted by molar-refractivity contribution is 7.91. The summed E-state index contributed by atoms with van der Waals surface area (Å²) in [5.74, 6) is -1.09. The maximum atomic E-state index is 13.7. The number of rotatable bonds is 15. The highest BCUT2D eigenvalue weighted by Crippen LogP contribution is 2.35. The molecule has 0 aliphatic rings. The molecular formula is C31H38O5S. The number of carboxylic acid groups (broad SMARTS) is 1. The van der Waals surface area contributed by atoms with Crippen molar-refractivity contribution in [2.75, 3.05) is 7.11 Å². The Bertz CT molecular complexity index is 1220. The Kier molecular flexibility index (Phi) is 10.9. The largest absolute Gasteiger partial charge is 0.478 e. The molecule has 0 saturated heterocycles. The van der Waals surface area contributed by atoms with Crippen molar-refractivity contribution in [3.05, 3.63) is 101 Å². The molecule has 0 aliphatic heterocycles. The molecule has 5 nitrogen and oxygen atoms in total. The lowest BCUT2D eigenvalue weighted by molar-refractivity contribution is 0.0696. The van der Waals surface area contributed by atoms with Crippen LogP contribution in [0.15, 0.2) is 83.8 Å². The SMILES string of the molecule is COC(C)C(c1ccccc1CCCCCCCCc1ccccc1)S(=O)(=O)c1ccc(C(=O)O)cc1. The van der Waals surface area contributed by atoms with Crippen LogP contribution in [0.5, 0.6) is 0 Å². The molecule has 0 radical (unpaired) electrons. The highest BCUT2D eigenvalue weighted by Gasteiger charge is 2.35. The Labute approximate surface area is 221 Å². The van der Waals surface area contributed by atoms with Gasteiger partial charge in [0, 0.05) is 7.11 Å². The molecule has 37 heavy (non-hydrogen) atoms. The molecule has 3 aromatic carbocycles. The quantitative estimate of drug-likeness (QED) is 0.216. The van der Waals surface area contributed by atoms with Crippen molar-refractivity contribution in [2.45, 2.75) is 74.5 Å². The minimum absolute atomic E-state index is 0.0516. The Morgan fingerprint density at radius 1 is 0.784 bits per heavy atom. The number of hydrogen-bond acceptors (Lipinski definition) is 4. The van der Waals surface area contributed by atoms with E-state index in [0.29, 0.717) is 0 Å². The van der Waals surface area contributed by atoms with Crippen LogP contribution in [0.1, 0.15) is 77.7 Å². The predicted octanol–water partition coefficient (Wildman–Crippen LogP) is 7.06. The molecule has 3 rings (SSSR count). The third-order valence-corrected chi connectivity index (χ3v) is 9.16. The molecule has 198 valence electrons. The summed E-state index contributed by atoms with van der Waals surface area (Å²) in [7, 11) is -2.30. The molecule has 2 atom stereocenters. The summed E-state index contributed by atoms with van der Waals surface area (Å²) < 4.78 is 33.0. The van der Waals surface area contributed by atoms with Crippen LogP contribution in [0.3, 0.4) is 0 Å². The number of aryl methyl sites for hydroxylation is 2. The van der Waals surface area contributed by atoms with Crippen molar-refractivity contribution in [3.8, 4) is 0 Å². The molecule has 6 heteroatoms. The van der Waals surface area contributed by atoms with Gasteiger partial charge < -0.3 is 9.84 Å². The second-order valence-corrected chi connectivity index (χ2v) is 11.6. The number of benzene rings is 3. The number of hydrogen-bond donors (Lipinski definition) is 1. The minimum Gasteiger partial charge on any atom is -0.478 e. The number of sulfone groups is 1. The second-order valence-electron chi connectivity index (χ2n) is 9.54. The standard InChI is InChI=1S/C31H38O5S/c1-24(36-2)30(37(34,35)28-22-20-27(21-23-28)31(32)33)29-19-13-12-18-26(29)17-11-6-4-3-5-8-14-25-15-9-7-10-16-25/h7,9-10,12-13,15-16,18-24,30H,3-6,8,11,14,17H2,1-2H3,(H,32,33). The lowest BCUT2D eigenvalue weighted by atomic mass is 9.96. The molecule has 0 bridgehead atoms. The Hall–Kier alpha value is -2.96. The van der Waals surface area contributed by atoms with Crippen LogP contribution in [0.2, 0.25) is 0 Å². The zero-order valence-corrected chi connectivity index (χ0v) is 22.6. The highest BCUT2D eigenvalue weighted by atomic mass is 32.2. The van der Waals surface area contributed by atoms with E-state index in [-0.39, 0.29) is 10.5 Å². The fourth-order valence-electron chi connectivity index (χ4n) is 4.77. The van der Waals surface area contributed by atoms with E-state index in [2.05, 4.69) is 24.3 Å². The summed E-state index contributed by atoms with van der Waals surface area (Å²) >= 11 is 0. The molecule has 0 spiro atoms. The fraction of sp³-hybridized carbons (Fsp3) is 0.387. The summed E-state index contributed by atoms with van der Waals surface area (Å²) in [5, 5.41) is 8.28. The van der Waals surface area contributed by atoms with E-state index >= 15 is 0 Å². The predicted molar refractivity (Wildman–Crippen MR) is 148 cm³/mol. The lowest BCUT2D eigenvalue weighted by Gasteiger charge is -2.26. The van der Waals surface area contributed by atoms with Gasteiger partial charge in [-0.1, -0.05) is 80.3 Å². The third-order valence-electron chi connectivity index (χ3n) is 6.93. The first-order valence-electron chi connectivity index (χ1n) is 13.1. The Morgan fingerprint density at radius 3 is 1.97 bits per heavy atom. The summed E-state index contributed by atoms with van der Waals surface area (Å²) in [6.07, 6.45) is 8.26. The van der Waals surface area contributed by atoms with Crippen LogP contribution < -0.4 is 0 Å². The molecule has 1 N–H and O–H groups in total. The zero-order valence-electron chi connectivity index (χ0n) is 21.8. The second kappa shape index (κ2) is 14.1. The van der Waals surface area contributed by atoms with E-state index in [1.807, 2.05) is 30.3 Å². The van der Waals surface area contributed by atoms with Crippen molar-refractivity contribution in [3.63, 3.8) is 0 Å². The normalized spacial score (nSPS) is 13.2. The van der Waals surface area contributed by atoms with Crippen LogP contribution in [0.25, 0.3) is 0 Å². The average Bonchev–Trinajstić information content (AvgIpc) is 2.91. The van der Waals surface area contributed by atoms with E-state index < -0.39 is 27.2 Å². The molecule has 0 aromatic heterocycles. The molecular weight excluding hydrogens is 484 g/mol. The summed E-state index contributed by atoms with van der Waals surface area (Å²) in [6.45, 7) is 1.76. The monoisotopic (exact) mass is 522 g/mol. The van der Waals surface area contributed by atoms with E-state index in [0.717, 1.165) is 36.8 Å². The lowest BCUT2D eigenvalue weighted by Crippen LogP contribution is -2.27. The van der Waals surface area contributed by atoms with Gasteiger partial charge in [-0.15, -0.1) is 0 Å². The van der Waals surface area contributed by atoms with Crippen molar-refractivity contribution >= 4 is 15.8 Å². The molecule has 2 unspecified atom stereocenters. The van der Waals surface area contributed by atoms with Crippen LogP contribution in [0.4, 0.5) is 0 Å². The van der Waals surface area contributed by atoms with Gasteiger partial charge in [0.05, 0.1) is 16.6 Å². The maximum absolute atomic E-state index is 13.7. The third kappa shape index (κ3) is 8.01. The van der Waals surface area contributed by atoms with E-state index in [4.69, 9.17) is 9.84 Å². The number of carboxylic acids is 1. The number of unbranched alkanes of at least 4 members (excludes halogenated alkanes) is 5. The van der Waals surface area contributed by atoms with Crippen LogP contribution in [-0.2, 0) is 27.4 Å². The van der Waals surface area contributed by atoms with Gasteiger partial charge in [-0.05, 0) is 73.6 Å². The van der Waals surface area contributed by atoms with Crippen LogP contribution >= 0.6 is 0 Å². The van der Waals surface area contributed by atoms with Gasteiger partial charge >= 0.3 is 5.97 Å². The first kappa shape index (κ1) is 28.6. The van der Waals surface area contributed by atoms with Crippen molar-refractivity contribution in [1.82, 2.24) is 0 Å². The Morgan fingerprint density at radius 2 is 1.35 bits per heavy atom. The number of aromatic carboxylic acids is 1. The average molecular weight is 523 g/mol. The van der Waals surface area contributed by atoms with Gasteiger partial charge in [-0.3, -0.25) is 0 Å². The van der Waals surface area contributed by atoms with Crippen molar-refractivity contribution in [1.29, 1.82) is 0 Å². The van der Waals surface area contributed by atoms with Gasteiger partial charge in [-0.25, -0.2) is 13.2 Å². The van der Waals surface area contributed by atoms with Crippen molar-refractivity contribution in [2.24, 2.45) is 0 Å². The summed E-state index contributed by atoms with van der Waals surface area (Å²) in [6, 6.07) is 23.7. The first-order valence-corrected chi connectivity index (χ1v) is 14.6. The van der Waals surface area contributed by atoms with Gasteiger partial charge in [0.25, 0.3) is 0 Å². The first-order chi connectivity index (χ1) is 17.8. The Balaban J connectivity index is 1.62. The van der Waals surface area contributed by atoms with E-state index in [9.17, 15) is 13.2 Å². The van der Waals surface area contributed by atoms with E-state index in [1.165, 1.54) is 62.6 Å². The topological polar surface area (TPSA) is 80.7 Å². The van der Waals surface area contributed by atoms with Crippen LogP contribution in [0, 0.1) is 0 Å². The number of ether oxygens (including phenoxy) is 1. The molecule has 0 fully saturated rings. The molecule has 0 amide bonds. The smallest absolute Gasteiger partial charge is 0.335 e. The zero-order chi connectivity index (χ0) is 26.7. The van der Waals surface area contributed by atoms with Gasteiger partial charge in [0.1, 0.15) is 5.25 Å². The van der Waals surface area contributed by atoms with Crippen LogP contribution in [-0.4, -0.2) is 32.7 Å². The fourth-order valence-corrected chi connectivity index (χ4v) is 6.75. The van der Waals surface area contributed by atoms with Gasteiger partial charge in [0.2, 0.25) is 0 Å². The molecule has 0 heterocycles. The van der Waals surface area contributed by atoms with Gasteiger partial charge in [-0.2, -0.15) is 0 Å². The maximum Gasteiger partial charge on any atom is 0.335 e. The molecule has 0 saturated carbocycles. The van der Waals surface area contributed by atoms with Crippen molar-refractivity contribution < 1.29 is 23.1 Å². The minimum atomic E-state index is -3.82. The number of methoxy groups -OCH3 is 1. The molecule has 0 aliphatic carbocycles. The van der Waals surface area contributed by atoms with E-state index in [1.54, 1.807) is 6.92 Å². The van der Waals surface area contributed by atoms with Gasteiger partial charge in [0.15, 0.2) is 9.84 Å². The molecule has 3 aromatic rings. The number of carbonyl (C=O) groups is 1. The summed E-state index contributed by atoms with van der Waals surface area (Å²) in [4.78, 5) is 11.3. The summed E-state index contributed by atoms with van der Waals surface area (Å²) in [5.41, 5.74) is 3.22.